The number of benzene rings is 1. The molecule has 8 heteroatoms. The molecular weight excluding hydrogens is 354 g/mol. The van der Waals surface area contributed by atoms with Crippen molar-refractivity contribution < 1.29 is 0 Å². The SMILES string of the molecule is Cn1c(CSc2n[nH]c(Cc3cccs3)n2)nc2ccccc2c1=O. The predicted molar refractivity (Wildman–Crippen MR) is 100 cm³/mol. The van der Waals surface area contributed by atoms with Gasteiger partial charge in [0.25, 0.3) is 5.56 Å². The molecule has 6 nitrogen and oxygen atoms in total. The molecule has 4 aromatic rings. The first-order chi connectivity index (χ1) is 12.2. The zero-order valence-corrected chi connectivity index (χ0v) is 15.1. The molecule has 0 fully saturated rings. The van der Waals surface area contributed by atoms with Gasteiger partial charge in [-0.1, -0.05) is 30.0 Å². The summed E-state index contributed by atoms with van der Waals surface area (Å²) in [6.45, 7) is 0. The van der Waals surface area contributed by atoms with Gasteiger partial charge in [0.05, 0.1) is 16.7 Å². The first-order valence-corrected chi connectivity index (χ1v) is 9.58. The molecule has 0 amide bonds. The molecule has 1 N–H and O–H groups in total. The highest BCUT2D eigenvalue weighted by molar-refractivity contribution is 7.98. The number of thioether (sulfide) groups is 1. The average molecular weight is 369 g/mol. The third-order valence-electron chi connectivity index (χ3n) is 3.84. The highest BCUT2D eigenvalue weighted by Crippen LogP contribution is 2.20. The van der Waals surface area contributed by atoms with Gasteiger partial charge < -0.3 is 0 Å². The van der Waals surface area contributed by atoms with Crippen LogP contribution in [-0.2, 0) is 19.2 Å². The monoisotopic (exact) mass is 369 g/mol. The minimum Gasteiger partial charge on any atom is -0.299 e. The quantitative estimate of drug-likeness (QED) is 0.547. The van der Waals surface area contributed by atoms with Crippen LogP contribution in [0.3, 0.4) is 0 Å². The largest absolute Gasteiger partial charge is 0.299 e. The zero-order chi connectivity index (χ0) is 17.2. The summed E-state index contributed by atoms with van der Waals surface area (Å²) < 4.78 is 1.59. The van der Waals surface area contributed by atoms with Crippen LogP contribution < -0.4 is 5.56 Å². The summed E-state index contributed by atoms with van der Waals surface area (Å²) >= 11 is 3.17. The van der Waals surface area contributed by atoms with E-state index in [4.69, 9.17) is 0 Å². The van der Waals surface area contributed by atoms with E-state index in [1.807, 2.05) is 29.6 Å². The molecule has 0 saturated heterocycles. The molecule has 0 aliphatic rings. The van der Waals surface area contributed by atoms with Gasteiger partial charge in [-0.15, -0.1) is 16.4 Å². The summed E-state index contributed by atoms with van der Waals surface area (Å²) in [6.07, 6.45) is 0.748. The Hall–Kier alpha value is -2.45. The van der Waals surface area contributed by atoms with Crippen LogP contribution in [0.25, 0.3) is 10.9 Å². The third kappa shape index (κ3) is 3.35. The van der Waals surface area contributed by atoms with E-state index in [0.29, 0.717) is 22.1 Å². The van der Waals surface area contributed by atoms with Crippen LogP contribution in [0.15, 0.2) is 51.7 Å². The second-order valence-electron chi connectivity index (χ2n) is 5.52. The van der Waals surface area contributed by atoms with E-state index in [0.717, 1.165) is 17.8 Å². The first kappa shape index (κ1) is 16.0. The summed E-state index contributed by atoms with van der Waals surface area (Å²) in [5, 5.41) is 10.6. The molecule has 3 heterocycles. The van der Waals surface area contributed by atoms with Gasteiger partial charge in [0.15, 0.2) is 0 Å². The van der Waals surface area contributed by atoms with Crippen molar-refractivity contribution in [1.29, 1.82) is 0 Å². The summed E-state index contributed by atoms with van der Waals surface area (Å²) in [6, 6.07) is 11.5. The molecule has 0 radical (unpaired) electrons. The molecule has 0 saturated carbocycles. The van der Waals surface area contributed by atoms with Gasteiger partial charge in [0, 0.05) is 18.3 Å². The summed E-state index contributed by atoms with van der Waals surface area (Å²) in [4.78, 5) is 22.8. The zero-order valence-electron chi connectivity index (χ0n) is 13.5. The van der Waals surface area contributed by atoms with Crippen molar-refractivity contribution in [3.05, 3.63) is 68.7 Å². The van der Waals surface area contributed by atoms with Crippen molar-refractivity contribution >= 4 is 34.0 Å². The predicted octanol–water partition coefficient (Wildman–Crippen LogP) is 3.00. The Labute approximate surface area is 152 Å². The first-order valence-electron chi connectivity index (χ1n) is 7.72. The number of aromatic amines is 1. The van der Waals surface area contributed by atoms with Crippen molar-refractivity contribution in [3.63, 3.8) is 0 Å². The molecule has 126 valence electrons. The number of para-hydroxylation sites is 1. The Morgan fingerprint density at radius 1 is 1.20 bits per heavy atom. The number of nitrogens with one attached hydrogen (secondary N) is 1. The van der Waals surface area contributed by atoms with Gasteiger partial charge in [0.2, 0.25) is 5.16 Å². The lowest BCUT2D eigenvalue weighted by Gasteiger charge is -2.07. The van der Waals surface area contributed by atoms with Gasteiger partial charge in [-0.05, 0) is 23.6 Å². The standard InChI is InChI=1S/C17H15N5OS2/c1-22-15(18-13-7-3-2-6-12(13)16(22)23)10-25-17-19-14(20-21-17)9-11-5-4-8-24-11/h2-8H,9-10H2,1H3,(H,19,20,21). The number of H-pyrrole nitrogens is 1. The van der Waals surface area contributed by atoms with Gasteiger partial charge in [-0.25, -0.2) is 9.97 Å². The Bertz CT molecular complexity index is 1070. The Balaban J connectivity index is 1.52. The van der Waals surface area contributed by atoms with Crippen molar-refractivity contribution in [2.75, 3.05) is 0 Å². The van der Waals surface area contributed by atoms with Crippen LogP contribution in [0.4, 0.5) is 0 Å². The van der Waals surface area contributed by atoms with E-state index in [1.54, 1.807) is 29.0 Å². The van der Waals surface area contributed by atoms with Gasteiger partial charge in [-0.2, -0.15) is 0 Å². The summed E-state index contributed by atoms with van der Waals surface area (Å²) in [7, 11) is 1.75. The van der Waals surface area contributed by atoms with E-state index in [-0.39, 0.29) is 5.56 Å². The van der Waals surface area contributed by atoms with E-state index < -0.39 is 0 Å². The summed E-state index contributed by atoms with van der Waals surface area (Å²) in [5.41, 5.74) is 0.684. The van der Waals surface area contributed by atoms with Crippen LogP contribution in [0.1, 0.15) is 16.5 Å². The number of rotatable bonds is 5. The highest BCUT2D eigenvalue weighted by Gasteiger charge is 2.10. The van der Waals surface area contributed by atoms with Crippen molar-refractivity contribution in [1.82, 2.24) is 24.7 Å². The molecule has 0 aliphatic carbocycles. The van der Waals surface area contributed by atoms with Crippen molar-refractivity contribution in [2.24, 2.45) is 7.05 Å². The minimum absolute atomic E-state index is 0.0328. The van der Waals surface area contributed by atoms with Crippen molar-refractivity contribution in [2.45, 2.75) is 17.3 Å². The molecule has 0 atom stereocenters. The molecule has 0 bridgehead atoms. The number of hydrogen-bond donors (Lipinski definition) is 1. The fourth-order valence-electron chi connectivity index (χ4n) is 2.52. The third-order valence-corrected chi connectivity index (χ3v) is 5.56. The second-order valence-corrected chi connectivity index (χ2v) is 7.49. The molecule has 4 rings (SSSR count). The number of thiophene rings is 1. The maximum absolute atomic E-state index is 12.4. The van der Waals surface area contributed by atoms with Crippen LogP contribution in [0, 0.1) is 0 Å². The normalized spacial score (nSPS) is 11.2. The van der Waals surface area contributed by atoms with Gasteiger partial charge >= 0.3 is 0 Å². The van der Waals surface area contributed by atoms with Crippen molar-refractivity contribution in [3.8, 4) is 0 Å². The lowest BCUT2D eigenvalue weighted by Crippen LogP contribution is -2.21. The van der Waals surface area contributed by atoms with E-state index in [1.165, 1.54) is 16.6 Å². The fraction of sp³-hybridized carbons (Fsp3) is 0.176. The highest BCUT2D eigenvalue weighted by atomic mass is 32.2. The van der Waals surface area contributed by atoms with Crippen LogP contribution in [0.2, 0.25) is 0 Å². The maximum Gasteiger partial charge on any atom is 0.261 e. The molecule has 1 aromatic carbocycles. The van der Waals surface area contributed by atoms with Gasteiger partial charge in [0.1, 0.15) is 11.6 Å². The molecule has 0 aliphatic heterocycles. The molecular formula is C17H15N5OS2. The number of hydrogen-bond acceptors (Lipinski definition) is 6. The second kappa shape index (κ2) is 6.81. The van der Waals surface area contributed by atoms with Crippen LogP contribution in [0.5, 0.6) is 0 Å². The number of aromatic nitrogens is 5. The van der Waals surface area contributed by atoms with E-state index >= 15 is 0 Å². The lowest BCUT2D eigenvalue weighted by atomic mass is 10.2. The van der Waals surface area contributed by atoms with Crippen LogP contribution >= 0.6 is 23.1 Å². The minimum atomic E-state index is -0.0328. The maximum atomic E-state index is 12.4. The number of fused-ring (bicyclic) bond motifs is 1. The topological polar surface area (TPSA) is 76.5 Å². The molecule has 0 unspecified atom stereocenters. The number of nitrogens with zero attached hydrogens (tertiary/aromatic N) is 4. The smallest absolute Gasteiger partial charge is 0.261 e. The Kier molecular flexibility index (Phi) is 4.37. The van der Waals surface area contributed by atoms with Gasteiger partial charge in [-0.3, -0.25) is 14.5 Å². The van der Waals surface area contributed by atoms with E-state index in [2.05, 4.69) is 26.2 Å². The van der Waals surface area contributed by atoms with E-state index in [9.17, 15) is 4.79 Å². The summed E-state index contributed by atoms with van der Waals surface area (Å²) in [5.74, 6) is 2.08. The molecule has 25 heavy (non-hydrogen) atoms. The molecule has 0 spiro atoms. The van der Waals surface area contributed by atoms with Crippen LogP contribution in [-0.4, -0.2) is 24.7 Å². The Morgan fingerprint density at radius 2 is 2.08 bits per heavy atom. The Morgan fingerprint density at radius 3 is 2.92 bits per heavy atom. The lowest BCUT2D eigenvalue weighted by molar-refractivity contribution is 0.784. The average Bonchev–Trinajstić information content (AvgIpc) is 3.29. The molecule has 3 aromatic heterocycles. The fourth-order valence-corrected chi connectivity index (χ4v) is 4.03.